The summed E-state index contributed by atoms with van der Waals surface area (Å²) >= 11 is 0. The van der Waals surface area contributed by atoms with Crippen LogP contribution in [0.15, 0.2) is 12.1 Å². The Kier molecular flexibility index (Phi) is 8.72. The standard InChI is InChI=1S/C25H41N2OP/c1-6-9-14-29(15-10-7-2,16-11-8-3)25(12-13-25)24(28)27-23-20(4)17-22(19-26)18-21(23)5/h17-18,29H,6-16H2,1-5H3,(H,27,28). The van der Waals surface area contributed by atoms with Crippen LogP contribution in [0.1, 0.15) is 88.8 Å². The number of unbranched alkanes of at least 4 members (excludes halogenated alkanes) is 3. The molecule has 1 N–H and O–H groups in total. The number of nitriles is 1. The summed E-state index contributed by atoms with van der Waals surface area (Å²) in [6.07, 6.45) is 13.5. The van der Waals surface area contributed by atoms with Crippen LogP contribution in [-0.2, 0) is 4.79 Å². The molecule has 1 aliphatic carbocycles. The minimum atomic E-state index is -1.71. The summed E-state index contributed by atoms with van der Waals surface area (Å²) in [5.74, 6) is 0.281. The number of benzene rings is 1. The van der Waals surface area contributed by atoms with Crippen LogP contribution in [0.5, 0.6) is 0 Å². The molecular formula is C25H41N2OP. The fourth-order valence-corrected chi connectivity index (χ4v) is 12.2. The second-order valence-electron chi connectivity index (χ2n) is 9.22. The first-order valence-corrected chi connectivity index (χ1v) is 14.3. The molecule has 1 fully saturated rings. The molecule has 0 spiro atoms. The van der Waals surface area contributed by atoms with Crippen molar-refractivity contribution in [3.63, 3.8) is 0 Å². The van der Waals surface area contributed by atoms with Gasteiger partial charge in [-0.1, -0.05) is 0 Å². The number of rotatable bonds is 12. The number of anilines is 1. The fourth-order valence-electron chi connectivity index (χ4n) is 5.22. The van der Waals surface area contributed by atoms with E-state index in [1.807, 2.05) is 26.0 Å². The average molecular weight is 417 g/mol. The van der Waals surface area contributed by atoms with Crippen molar-refractivity contribution in [2.45, 2.75) is 91.1 Å². The Morgan fingerprint density at radius 1 is 1.00 bits per heavy atom. The zero-order valence-corrected chi connectivity index (χ0v) is 20.3. The van der Waals surface area contributed by atoms with Crippen molar-refractivity contribution in [2.75, 3.05) is 23.8 Å². The second kappa shape index (κ2) is 10.6. The van der Waals surface area contributed by atoms with E-state index >= 15 is 0 Å². The Hall–Kier alpha value is -1.39. The van der Waals surface area contributed by atoms with Crippen LogP contribution >= 0.6 is 7.26 Å². The number of aryl methyl sites for hydroxylation is 2. The molecule has 0 bridgehead atoms. The van der Waals surface area contributed by atoms with Crippen molar-refractivity contribution >= 4 is 18.9 Å². The van der Waals surface area contributed by atoms with Crippen LogP contribution in [0.4, 0.5) is 5.69 Å². The van der Waals surface area contributed by atoms with Crippen LogP contribution in [0.3, 0.4) is 0 Å². The normalized spacial score (nSPS) is 15.6. The van der Waals surface area contributed by atoms with E-state index in [1.165, 1.54) is 57.0 Å². The molecule has 0 aliphatic heterocycles. The van der Waals surface area contributed by atoms with Gasteiger partial charge in [-0.3, -0.25) is 0 Å². The molecule has 1 amide bonds. The van der Waals surface area contributed by atoms with Gasteiger partial charge in [0.15, 0.2) is 0 Å². The zero-order chi connectivity index (χ0) is 21.5. The molecule has 3 nitrogen and oxygen atoms in total. The van der Waals surface area contributed by atoms with Gasteiger partial charge in [0.1, 0.15) is 0 Å². The predicted molar refractivity (Wildman–Crippen MR) is 129 cm³/mol. The maximum atomic E-state index is 13.8. The molecule has 1 aliphatic rings. The van der Waals surface area contributed by atoms with Crippen molar-refractivity contribution in [1.82, 2.24) is 0 Å². The van der Waals surface area contributed by atoms with Crippen molar-refractivity contribution in [3.05, 3.63) is 28.8 Å². The first kappa shape index (κ1) is 23.9. The Balaban J connectivity index is 2.35. The van der Waals surface area contributed by atoms with Crippen LogP contribution in [0, 0.1) is 25.2 Å². The zero-order valence-electron chi connectivity index (χ0n) is 19.3. The van der Waals surface area contributed by atoms with E-state index in [9.17, 15) is 10.1 Å². The van der Waals surface area contributed by atoms with Gasteiger partial charge in [-0.25, -0.2) is 0 Å². The molecular weight excluding hydrogens is 375 g/mol. The average Bonchev–Trinajstić information content (AvgIpc) is 3.52. The van der Waals surface area contributed by atoms with Crippen LogP contribution < -0.4 is 5.32 Å². The van der Waals surface area contributed by atoms with Gasteiger partial charge >= 0.3 is 179 Å². The molecule has 162 valence electrons. The fraction of sp³-hybridized carbons (Fsp3) is 0.680. The molecule has 0 unspecified atom stereocenters. The summed E-state index contributed by atoms with van der Waals surface area (Å²) in [5, 5.41) is 12.5. The van der Waals surface area contributed by atoms with Crippen molar-refractivity contribution in [3.8, 4) is 6.07 Å². The summed E-state index contributed by atoms with van der Waals surface area (Å²) in [4.78, 5) is 13.8. The summed E-state index contributed by atoms with van der Waals surface area (Å²) in [5.41, 5.74) is 3.57. The molecule has 29 heavy (non-hydrogen) atoms. The van der Waals surface area contributed by atoms with Gasteiger partial charge < -0.3 is 0 Å². The third-order valence-corrected chi connectivity index (χ3v) is 13.8. The summed E-state index contributed by atoms with van der Waals surface area (Å²) in [6, 6.07) is 5.99. The molecule has 1 aromatic carbocycles. The van der Waals surface area contributed by atoms with E-state index in [-0.39, 0.29) is 11.1 Å². The molecule has 0 aromatic heterocycles. The van der Waals surface area contributed by atoms with E-state index < -0.39 is 7.26 Å². The first-order chi connectivity index (χ1) is 13.9. The van der Waals surface area contributed by atoms with E-state index in [4.69, 9.17) is 0 Å². The number of carbonyl (C=O) groups excluding carboxylic acids is 1. The van der Waals surface area contributed by atoms with Gasteiger partial charge in [-0.05, 0) is 0 Å². The third-order valence-electron chi connectivity index (χ3n) is 7.13. The Morgan fingerprint density at radius 2 is 1.45 bits per heavy atom. The third kappa shape index (κ3) is 5.21. The predicted octanol–water partition coefficient (Wildman–Crippen LogP) is 6.80. The van der Waals surface area contributed by atoms with Crippen LogP contribution in [0.2, 0.25) is 0 Å². The molecule has 0 atom stereocenters. The first-order valence-electron chi connectivity index (χ1n) is 11.7. The van der Waals surface area contributed by atoms with E-state index in [1.54, 1.807) is 0 Å². The maximum absolute atomic E-state index is 13.8. The van der Waals surface area contributed by atoms with Gasteiger partial charge in [0.2, 0.25) is 0 Å². The summed E-state index contributed by atoms with van der Waals surface area (Å²) < 4.78 is 0. The number of nitrogens with one attached hydrogen (secondary N) is 1. The van der Waals surface area contributed by atoms with Crippen LogP contribution in [0.25, 0.3) is 0 Å². The summed E-state index contributed by atoms with van der Waals surface area (Å²) in [6.45, 7) is 10.8. The summed E-state index contributed by atoms with van der Waals surface area (Å²) in [7, 11) is -1.71. The Morgan fingerprint density at radius 3 is 1.79 bits per heavy atom. The van der Waals surface area contributed by atoms with Gasteiger partial charge in [-0.2, -0.15) is 0 Å². The van der Waals surface area contributed by atoms with Gasteiger partial charge in [0, 0.05) is 0 Å². The number of hydrogen-bond donors (Lipinski definition) is 1. The van der Waals surface area contributed by atoms with Gasteiger partial charge in [0.05, 0.1) is 0 Å². The van der Waals surface area contributed by atoms with Gasteiger partial charge in [-0.15, -0.1) is 0 Å². The SMILES string of the molecule is CCCC[PH](CCCC)(CCCC)C1(C(=O)Nc2c(C)cc(C#N)cc2C)CC1. The van der Waals surface area contributed by atoms with Crippen LogP contribution in [-0.4, -0.2) is 29.5 Å². The number of nitrogens with zero attached hydrogens (tertiary/aromatic N) is 1. The molecule has 0 saturated heterocycles. The Bertz CT molecular complexity index is 701. The molecule has 1 aromatic rings. The molecule has 2 rings (SSSR count). The quantitative estimate of drug-likeness (QED) is 0.381. The molecule has 0 heterocycles. The van der Waals surface area contributed by atoms with E-state index in [2.05, 4.69) is 32.2 Å². The number of amides is 1. The van der Waals surface area contributed by atoms with Crippen molar-refractivity contribution in [1.29, 1.82) is 5.26 Å². The number of carbonyl (C=O) groups is 1. The molecule has 4 heteroatoms. The minimum absolute atomic E-state index is 0.0701. The second-order valence-corrected chi connectivity index (χ2v) is 14.2. The number of hydrogen-bond acceptors (Lipinski definition) is 2. The topological polar surface area (TPSA) is 52.9 Å². The van der Waals surface area contributed by atoms with Gasteiger partial charge in [0.25, 0.3) is 0 Å². The molecule has 1 saturated carbocycles. The molecule has 0 radical (unpaired) electrons. The van der Waals surface area contributed by atoms with Crippen molar-refractivity contribution < 1.29 is 4.79 Å². The van der Waals surface area contributed by atoms with E-state index in [0.717, 1.165) is 29.7 Å². The van der Waals surface area contributed by atoms with E-state index in [0.29, 0.717) is 5.56 Å². The van der Waals surface area contributed by atoms with Crippen molar-refractivity contribution in [2.24, 2.45) is 0 Å². The monoisotopic (exact) mass is 416 g/mol. The Labute approximate surface area is 179 Å².